The highest BCUT2D eigenvalue weighted by atomic mass is 16.3. The van der Waals surface area contributed by atoms with Gasteiger partial charge in [-0.3, -0.25) is 4.68 Å². The number of hydrogen-bond acceptors (Lipinski definition) is 4. The molecule has 3 N–H and O–H groups in total. The van der Waals surface area contributed by atoms with Gasteiger partial charge in [-0.2, -0.15) is 5.10 Å². The van der Waals surface area contributed by atoms with E-state index in [9.17, 15) is 10.2 Å². The van der Waals surface area contributed by atoms with Crippen LogP contribution in [0.15, 0.2) is 12.4 Å². The minimum absolute atomic E-state index is 0.361. The molecule has 0 spiro atoms. The third-order valence-electron chi connectivity index (χ3n) is 2.23. The zero-order valence-corrected chi connectivity index (χ0v) is 9.22. The Hall–Kier alpha value is -0.910. The molecule has 0 aliphatic heterocycles. The van der Waals surface area contributed by atoms with Crippen LogP contribution in [0.2, 0.25) is 0 Å². The van der Waals surface area contributed by atoms with E-state index in [1.54, 1.807) is 24.1 Å². The highest BCUT2D eigenvalue weighted by Gasteiger charge is 2.18. The van der Waals surface area contributed by atoms with Gasteiger partial charge in [-0.25, -0.2) is 0 Å². The van der Waals surface area contributed by atoms with Crippen molar-refractivity contribution in [3.8, 4) is 0 Å². The van der Waals surface area contributed by atoms with Crippen LogP contribution in [-0.2, 0) is 6.54 Å². The summed E-state index contributed by atoms with van der Waals surface area (Å²) in [5, 5.41) is 26.2. The summed E-state index contributed by atoms with van der Waals surface area (Å²) in [7, 11) is 1.73. The first-order valence-corrected chi connectivity index (χ1v) is 5.22. The van der Waals surface area contributed by atoms with Crippen LogP contribution in [0.4, 0.5) is 0 Å². The van der Waals surface area contributed by atoms with Crippen LogP contribution < -0.4 is 5.32 Å². The van der Waals surface area contributed by atoms with E-state index in [1.165, 1.54) is 0 Å². The summed E-state index contributed by atoms with van der Waals surface area (Å²) in [6.07, 6.45) is 2.69. The molecule has 1 aromatic rings. The Morgan fingerprint density at radius 3 is 2.87 bits per heavy atom. The minimum Gasteiger partial charge on any atom is -0.389 e. The maximum Gasteiger partial charge on any atom is 0.109 e. The van der Waals surface area contributed by atoms with E-state index in [4.69, 9.17) is 0 Å². The zero-order valence-electron chi connectivity index (χ0n) is 9.22. The van der Waals surface area contributed by atoms with Crippen LogP contribution in [-0.4, -0.2) is 39.7 Å². The fraction of sp³-hybridized carbons (Fsp3) is 0.700. The van der Waals surface area contributed by atoms with E-state index in [-0.39, 0.29) is 0 Å². The predicted octanol–water partition coefficient (Wildman–Crippen LogP) is -0.0932. The highest BCUT2D eigenvalue weighted by Crippen LogP contribution is 2.15. The second-order valence-electron chi connectivity index (χ2n) is 3.61. The molecule has 0 amide bonds. The quantitative estimate of drug-likeness (QED) is 0.617. The number of likely N-dealkylation sites (N-methyl/N-ethyl adjacent to an activating group) is 1. The lowest BCUT2D eigenvalue weighted by molar-refractivity contribution is 0.0202. The molecule has 0 saturated heterocycles. The van der Waals surface area contributed by atoms with E-state index in [0.29, 0.717) is 12.1 Å². The van der Waals surface area contributed by atoms with Crippen molar-refractivity contribution in [2.24, 2.45) is 0 Å². The van der Waals surface area contributed by atoms with E-state index >= 15 is 0 Å². The second-order valence-corrected chi connectivity index (χ2v) is 3.61. The first-order chi connectivity index (χ1) is 7.19. The van der Waals surface area contributed by atoms with Gasteiger partial charge >= 0.3 is 0 Å². The van der Waals surface area contributed by atoms with E-state index in [0.717, 1.165) is 13.0 Å². The molecule has 1 heterocycles. The molecule has 0 fully saturated rings. The molecule has 0 bridgehead atoms. The Labute approximate surface area is 89.7 Å². The van der Waals surface area contributed by atoms with E-state index < -0.39 is 12.2 Å². The van der Waals surface area contributed by atoms with Crippen LogP contribution in [0.25, 0.3) is 0 Å². The van der Waals surface area contributed by atoms with Gasteiger partial charge in [-0.1, -0.05) is 6.92 Å². The molecule has 0 aliphatic carbocycles. The predicted molar refractivity (Wildman–Crippen MR) is 57.4 cm³/mol. The lowest BCUT2D eigenvalue weighted by Gasteiger charge is -2.15. The molecule has 0 aliphatic rings. The van der Waals surface area contributed by atoms with Crippen molar-refractivity contribution in [1.82, 2.24) is 15.1 Å². The van der Waals surface area contributed by atoms with Crippen LogP contribution in [0.3, 0.4) is 0 Å². The molecular formula is C10H19N3O2. The topological polar surface area (TPSA) is 70.3 Å². The van der Waals surface area contributed by atoms with E-state index in [2.05, 4.69) is 17.3 Å². The summed E-state index contributed by atoms with van der Waals surface area (Å²) in [6, 6.07) is 0. The lowest BCUT2D eigenvalue weighted by atomic mass is 10.1. The largest absolute Gasteiger partial charge is 0.389 e. The molecule has 5 heteroatoms. The minimum atomic E-state index is -0.872. The summed E-state index contributed by atoms with van der Waals surface area (Å²) < 4.78 is 1.77. The highest BCUT2D eigenvalue weighted by molar-refractivity contribution is 5.09. The molecule has 2 atom stereocenters. The third kappa shape index (κ3) is 3.30. The Morgan fingerprint density at radius 1 is 1.53 bits per heavy atom. The number of rotatable bonds is 6. The first kappa shape index (κ1) is 12.2. The van der Waals surface area contributed by atoms with Gasteiger partial charge in [0.25, 0.3) is 0 Å². The summed E-state index contributed by atoms with van der Waals surface area (Å²) >= 11 is 0. The van der Waals surface area contributed by atoms with Crippen molar-refractivity contribution < 1.29 is 10.2 Å². The van der Waals surface area contributed by atoms with E-state index in [1.807, 2.05) is 0 Å². The molecule has 0 aromatic carbocycles. The van der Waals surface area contributed by atoms with Crippen LogP contribution in [0.5, 0.6) is 0 Å². The maximum absolute atomic E-state index is 9.76. The number of aliphatic hydroxyl groups is 2. The molecule has 5 nitrogen and oxygen atoms in total. The van der Waals surface area contributed by atoms with Gasteiger partial charge in [0.1, 0.15) is 6.10 Å². The van der Waals surface area contributed by atoms with Crippen molar-refractivity contribution in [1.29, 1.82) is 0 Å². The molecule has 1 aromatic heterocycles. The van der Waals surface area contributed by atoms with Gasteiger partial charge in [0.15, 0.2) is 0 Å². The number of nitrogens with zero attached hydrogens (tertiary/aromatic N) is 2. The molecule has 1 rings (SSSR count). The van der Waals surface area contributed by atoms with Crippen molar-refractivity contribution in [2.45, 2.75) is 32.1 Å². The average Bonchev–Trinajstić information content (AvgIpc) is 2.66. The number of nitrogens with one attached hydrogen (secondary N) is 1. The van der Waals surface area contributed by atoms with Crippen molar-refractivity contribution in [3.05, 3.63) is 18.0 Å². The Morgan fingerprint density at radius 2 is 2.27 bits per heavy atom. The first-order valence-electron chi connectivity index (χ1n) is 5.22. The van der Waals surface area contributed by atoms with Crippen molar-refractivity contribution in [3.63, 3.8) is 0 Å². The summed E-state index contributed by atoms with van der Waals surface area (Å²) in [5.41, 5.74) is 0.659. The van der Waals surface area contributed by atoms with Crippen LogP contribution in [0, 0.1) is 0 Å². The fourth-order valence-electron chi connectivity index (χ4n) is 1.43. The van der Waals surface area contributed by atoms with Gasteiger partial charge in [-0.05, 0) is 13.5 Å². The summed E-state index contributed by atoms with van der Waals surface area (Å²) in [4.78, 5) is 0. The molecular weight excluding hydrogens is 194 g/mol. The molecule has 15 heavy (non-hydrogen) atoms. The number of aryl methyl sites for hydroxylation is 1. The van der Waals surface area contributed by atoms with Crippen LogP contribution in [0.1, 0.15) is 25.0 Å². The fourth-order valence-corrected chi connectivity index (χ4v) is 1.43. The standard InChI is InChI=1S/C10H19N3O2/c1-3-4-13-7-8(5-12-13)10(15)9(14)6-11-2/h5,7,9-11,14-15H,3-4,6H2,1-2H3. The lowest BCUT2D eigenvalue weighted by Crippen LogP contribution is -2.29. The monoisotopic (exact) mass is 213 g/mol. The number of hydrogen-bond donors (Lipinski definition) is 3. The van der Waals surface area contributed by atoms with Gasteiger partial charge in [0, 0.05) is 24.8 Å². The smallest absolute Gasteiger partial charge is 0.109 e. The SMILES string of the molecule is CCCn1cc(C(O)C(O)CNC)cn1. The average molecular weight is 213 g/mol. The summed E-state index contributed by atoms with van der Waals surface area (Å²) in [5.74, 6) is 0. The maximum atomic E-state index is 9.76. The third-order valence-corrected chi connectivity index (χ3v) is 2.23. The zero-order chi connectivity index (χ0) is 11.3. The van der Waals surface area contributed by atoms with Gasteiger partial charge < -0.3 is 15.5 Å². The normalized spacial score (nSPS) is 15.2. The number of aliphatic hydroxyl groups excluding tert-OH is 2. The molecule has 2 unspecified atom stereocenters. The Balaban J connectivity index is 2.60. The molecule has 86 valence electrons. The molecule has 0 saturated carbocycles. The Kier molecular flexibility index (Phi) is 4.74. The van der Waals surface area contributed by atoms with Gasteiger partial charge in [-0.15, -0.1) is 0 Å². The molecule has 0 radical (unpaired) electrons. The van der Waals surface area contributed by atoms with Crippen LogP contribution >= 0.6 is 0 Å². The number of aromatic nitrogens is 2. The van der Waals surface area contributed by atoms with Gasteiger partial charge in [0.2, 0.25) is 0 Å². The van der Waals surface area contributed by atoms with Gasteiger partial charge in [0.05, 0.1) is 12.3 Å². The summed E-state index contributed by atoms with van der Waals surface area (Å²) in [6.45, 7) is 3.25. The second kappa shape index (κ2) is 5.85. The van der Waals surface area contributed by atoms with Crippen molar-refractivity contribution >= 4 is 0 Å². The van der Waals surface area contributed by atoms with Crippen molar-refractivity contribution in [2.75, 3.05) is 13.6 Å². The Bertz CT molecular complexity index is 288.